The zero-order valence-electron chi connectivity index (χ0n) is 13.3. The van der Waals surface area contributed by atoms with Crippen LogP contribution >= 0.6 is 0 Å². The zero-order valence-corrected chi connectivity index (χ0v) is 13.3. The predicted octanol–water partition coefficient (Wildman–Crippen LogP) is 3.09. The molecule has 24 heavy (non-hydrogen) atoms. The van der Waals surface area contributed by atoms with Gasteiger partial charge in [-0.25, -0.2) is 4.39 Å². The Balaban J connectivity index is 1.67. The van der Waals surface area contributed by atoms with Crippen molar-refractivity contribution in [2.75, 3.05) is 19.8 Å². The number of alkyl halides is 3. The maximum Gasteiger partial charge on any atom is 0.416 e. The highest BCUT2D eigenvalue weighted by Crippen LogP contribution is 2.34. The van der Waals surface area contributed by atoms with Gasteiger partial charge in [-0.15, -0.1) is 0 Å². The summed E-state index contributed by atoms with van der Waals surface area (Å²) in [5.74, 6) is -0.520. The summed E-state index contributed by atoms with van der Waals surface area (Å²) in [6, 6.07) is 3.26. The molecule has 2 aliphatic rings. The van der Waals surface area contributed by atoms with Crippen LogP contribution in [0.15, 0.2) is 18.2 Å². The number of rotatable bonds is 4. The van der Waals surface area contributed by atoms with E-state index in [4.69, 9.17) is 4.74 Å². The molecule has 1 aromatic rings. The second-order valence-corrected chi connectivity index (χ2v) is 6.52. The van der Waals surface area contributed by atoms with Crippen LogP contribution in [0.1, 0.15) is 30.4 Å². The van der Waals surface area contributed by atoms with E-state index in [1.54, 1.807) is 0 Å². The lowest BCUT2D eigenvalue weighted by atomic mass is 9.93. The molecular weight excluding hydrogens is 324 g/mol. The molecule has 1 saturated heterocycles. The standard InChI is InChI=1S/C17H22F4N2O/c18-12-5-4-11(14(8-12)17(19,20)21)9-23-15-3-1-2-13(15)16-10-24-7-6-22-16/h4-5,8,13,15-16,22-23H,1-3,6-7,9-10H2. The molecule has 134 valence electrons. The molecule has 1 saturated carbocycles. The van der Waals surface area contributed by atoms with Crippen molar-refractivity contribution in [3.8, 4) is 0 Å². The quantitative estimate of drug-likeness (QED) is 0.822. The lowest BCUT2D eigenvalue weighted by molar-refractivity contribution is -0.138. The van der Waals surface area contributed by atoms with Gasteiger partial charge >= 0.3 is 6.18 Å². The van der Waals surface area contributed by atoms with Crippen LogP contribution < -0.4 is 10.6 Å². The second-order valence-electron chi connectivity index (χ2n) is 6.52. The predicted molar refractivity (Wildman–Crippen MR) is 82.0 cm³/mol. The fraction of sp³-hybridized carbons (Fsp3) is 0.647. The Morgan fingerprint density at radius 1 is 1.25 bits per heavy atom. The third-order valence-electron chi connectivity index (χ3n) is 4.97. The van der Waals surface area contributed by atoms with Gasteiger partial charge in [0.25, 0.3) is 0 Å². The van der Waals surface area contributed by atoms with E-state index in [1.807, 2.05) is 0 Å². The largest absolute Gasteiger partial charge is 0.416 e. The average molecular weight is 346 g/mol. The highest BCUT2D eigenvalue weighted by Gasteiger charge is 2.36. The lowest BCUT2D eigenvalue weighted by Gasteiger charge is -2.33. The normalized spacial score (nSPS) is 28.2. The maximum atomic E-state index is 13.2. The van der Waals surface area contributed by atoms with Crippen molar-refractivity contribution in [2.24, 2.45) is 5.92 Å². The number of morpholine rings is 1. The fourth-order valence-electron chi connectivity index (χ4n) is 3.79. The second kappa shape index (κ2) is 7.37. The Morgan fingerprint density at radius 3 is 2.79 bits per heavy atom. The molecule has 3 rings (SSSR count). The van der Waals surface area contributed by atoms with E-state index in [1.165, 1.54) is 6.07 Å². The molecule has 3 unspecified atom stereocenters. The summed E-state index contributed by atoms with van der Waals surface area (Å²) in [5, 5.41) is 6.70. The molecule has 1 aliphatic heterocycles. The first-order valence-electron chi connectivity index (χ1n) is 8.35. The van der Waals surface area contributed by atoms with Gasteiger partial charge in [0.05, 0.1) is 18.8 Å². The minimum atomic E-state index is -4.55. The van der Waals surface area contributed by atoms with E-state index in [0.29, 0.717) is 25.2 Å². The summed E-state index contributed by atoms with van der Waals surface area (Å²) < 4.78 is 57.9. The monoisotopic (exact) mass is 346 g/mol. The van der Waals surface area contributed by atoms with Crippen LogP contribution in [0.25, 0.3) is 0 Å². The number of halogens is 4. The molecule has 0 bridgehead atoms. The number of nitrogens with one attached hydrogen (secondary N) is 2. The van der Waals surface area contributed by atoms with E-state index in [0.717, 1.165) is 31.9 Å². The summed E-state index contributed by atoms with van der Waals surface area (Å²) >= 11 is 0. The van der Waals surface area contributed by atoms with Gasteiger partial charge in [0.2, 0.25) is 0 Å². The molecule has 0 aromatic heterocycles. The van der Waals surface area contributed by atoms with Crippen LogP contribution in [0.4, 0.5) is 17.6 Å². The van der Waals surface area contributed by atoms with Crippen LogP contribution in [-0.4, -0.2) is 31.8 Å². The Morgan fingerprint density at radius 2 is 2.08 bits per heavy atom. The molecule has 2 N–H and O–H groups in total. The molecule has 1 heterocycles. The minimum absolute atomic E-state index is 0.0856. The summed E-state index contributed by atoms with van der Waals surface area (Å²) in [5.41, 5.74) is -0.814. The molecule has 7 heteroatoms. The summed E-state index contributed by atoms with van der Waals surface area (Å²) in [7, 11) is 0. The van der Waals surface area contributed by atoms with Gasteiger partial charge in [-0.1, -0.05) is 12.5 Å². The van der Waals surface area contributed by atoms with Gasteiger partial charge in [-0.05, 0) is 36.5 Å². The van der Waals surface area contributed by atoms with Crippen molar-refractivity contribution in [3.63, 3.8) is 0 Å². The van der Waals surface area contributed by atoms with Crippen LogP contribution in [0.2, 0.25) is 0 Å². The molecule has 3 atom stereocenters. The third kappa shape index (κ3) is 4.07. The smallest absolute Gasteiger partial charge is 0.379 e. The highest BCUT2D eigenvalue weighted by atomic mass is 19.4. The summed E-state index contributed by atoms with van der Waals surface area (Å²) in [4.78, 5) is 0. The Hall–Kier alpha value is -1.18. The summed E-state index contributed by atoms with van der Waals surface area (Å²) in [6.45, 7) is 2.24. The van der Waals surface area contributed by atoms with Crippen molar-refractivity contribution < 1.29 is 22.3 Å². The first-order valence-corrected chi connectivity index (χ1v) is 8.35. The van der Waals surface area contributed by atoms with Gasteiger partial charge in [0.15, 0.2) is 0 Å². The van der Waals surface area contributed by atoms with Crippen molar-refractivity contribution in [3.05, 3.63) is 35.1 Å². The minimum Gasteiger partial charge on any atom is -0.379 e. The van der Waals surface area contributed by atoms with E-state index >= 15 is 0 Å². The maximum absolute atomic E-state index is 13.2. The van der Waals surface area contributed by atoms with Crippen molar-refractivity contribution in [1.29, 1.82) is 0 Å². The van der Waals surface area contributed by atoms with Gasteiger partial charge in [-0.2, -0.15) is 13.2 Å². The topological polar surface area (TPSA) is 33.3 Å². The average Bonchev–Trinajstić information content (AvgIpc) is 3.02. The molecule has 0 amide bonds. The van der Waals surface area contributed by atoms with Crippen molar-refractivity contribution in [2.45, 2.75) is 44.1 Å². The van der Waals surface area contributed by atoms with Crippen molar-refractivity contribution >= 4 is 0 Å². The van der Waals surface area contributed by atoms with Crippen LogP contribution in [-0.2, 0) is 17.5 Å². The van der Waals surface area contributed by atoms with Gasteiger partial charge < -0.3 is 15.4 Å². The van der Waals surface area contributed by atoms with E-state index in [9.17, 15) is 17.6 Å². The lowest BCUT2D eigenvalue weighted by Crippen LogP contribution is -2.50. The SMILES string of the molecule is Fc1ccc(CNC2CCCC2C2COCCN2)c(C(F)(F)F)c1. The van der Waals surface area contributed by atoms with E-state index in [-0.39, 0.29) is 24.2 Å². The summed E-state index contributed by atoms with van der Waals surface area (Å²) in [6.07, 6.45) is -1.53. The first kappa shape index (κ1) is 17.6. The van der Waals surface area contributed by atoms with E-state index in [2.05, 4.69) is 10.6 Å². The van der Waals surface area contributed by atoms with Gasteiger partial charge in [0, 0.05) is 25.2 Å². The van der Waals surface area contributed by atoms with Crippen LogP contribution in [0, 0.1) is 11.7 Å². The Bertz CT molecular complexity index is 558. The third-order valence-corrected chi connectivity index (χ3v) is 4.97. The number of ether oxygens (including phenoxy) is 1. The molecule has 0 radical (unpaired) electrons. The van der Waals surface area contributed by atoms with Gasteiger partial charge in [0.1, 0.15) is 5.82 Å². The number of hydrogen-bond acceptors (Lipinski definition) is 3. The first-order chi connectivity index (χ1) is 11.4. The fourth-order valence-corrected chi connectivity index (χ4v) is 3.79. The van der Waals surface area contributed by atoms with Gasteiger partial charge in [-0.3, -0.25) is 0 Å². The highest BCUT2D eigenvalue weighted by molar-refractivity contribution is 5.30. The molecule has 2 fully saturated rings. The number of hydrogen-bond donors (Lipinski definition) is 2. The van der Waals surface area contributed by atoms with Crippen LogP contribution in [0.3, 0.4) is 0 Å². The Labute approximate surface area is 138 Å². The molecule has 1 aliphatic carbocycles. The van der Waals surface area contributed by atoms with Crippen molar-refractivity contribution in [1.82, 2.24) is 10.6 Å². The molecular formula is C17H22F4N2O. The molecule has 3 nitrogen and oxygen atoms in total. The Kier molecular flexibility index (Phi) is 5.42. The number of benzene rings is 1. The van der Waals surface area contributed by atoms with Crippen LogP contribution in [0.5, 0.6) is 0 Å². The molecule has 1 aromatic carbocycles. The molecule has 0 spiro atoms. The van der Waals surface area contributed by atoms with E-state index < -0.39 is 17.6 Å². The zero-order chi connectivity index (χ0) is 17.2.